The van der Waals surface area contributed by atoms with Crippen LogP contribution in [0.4, 0.5) is 0 Å². The molecule has 0 radical (unpaired) electrons. The lowest BCUT2D eigenvalue weighted by Gasteiger charge is -2.11. The molecule has 4 nitrogen and oxygen atoms in total. The van der Waals surface area contributed by atoms with E-state index in [-0.39, 0.29) is 17.9 Å². The fourth-order valence-electron chi connectivity index (χ4n) is 2.79. The number of nitrogens with one attached hydrogen (secondary N) is 2. The lowest BCUT2D eigenvalue weighted by molar-refractivity contribution is 0.0945. The largest absolute Gasteiger partial charge is 0.351 e. The van der Waals surface area contributed by atoms with Crippen LogP contribution in [0.5, 0.6) is 0 Å². The molecule has 0 atom stereocenters. The number of amides is 2. The first-order valence-electron chi connectivity index (χ1n) is 8.77. The summed E-state index contributed by atoms with van der Waals surface area (Å²) in [6.07, 6.45) is 8.01. The molecule has 2 aromatic carbocycles. The number of hydrogen-bond donors (Lipinski definition) is 2. The van der Waals surface area contributed by atoms with Gasteiger partial charge in [0.15, 0.2) is 0 Å². The Morgan fingerprint density at radius 2 is 1.58 bits per heavy atom. The highest BCUT2D eigenvalue weighted by molar-refractivity contribution is 5.97. The minimum atomic E-state index is -0.0778. The van der Waals surface area contributed by atoms with Crippen LogP contribution in [0.1, 0.15) is 26.3 Å². The fourth-order valence-corrected chi connectivity index (χ4v) is 2.79. The maximum absolute atomic E-state index is 12.3. The van der Waals surface area contributed by atoms with Crippen molar-refractivity contribution in [1.29, 1.82) is 0 Å². The van der Waals surface area contributed by atoms with Crippen molar-refractivity contribution < 1.29 is 9.59 Å². The van der Waals surface area contributed by atoms with Gasteiger partial charge in [0.1, 0.15) is 0 Å². The quantitative estimate of drug-likeness (QED) is 0.791. The number of rotatable bonds is 6. The number of benzene rings is 2. The predicted molar refractivity (Wildman–Crippen MR) is 102 cm³/mol. The van der Waals surface area contributed by atoms with Gasteiger partial charge in [-0.1, -0.05) is 42.5 Å². The molecule has 2 aliphatic rings. The standard InChI is InChI=1S/C22H20N2O2/c1-14-2-5-18(22(26)24-19-10-11-19)12-20(14)16-6-8-17(9-7-16)21(25)23-13-15-3-4-15/h2-12,15,19H,13H2,1H3,(H,23,25)(H,24,26). The Balaban J connectivity index is 1.50. The van der Waals surface area contributed by atoms with Gasteiger partial charge in [-0.25, -0.2) is 0 Å². The van der Waals surface area contributed by atoms with Crippen LogP contribution in [0, 0.1) is 12.8 Å². The highest BCUT2D eigenvalue weighted by Gasteiger charge is 2.17. The van der Waals surface area contributed by atoms with E-state index in [1.165, 1.54) is 0 Å². The molecule has 0 spiro atoms. The second-order valence-corrected chi connectivity index (χ2v) is 6.75. The van der Waals surface area contributed by atoms with Gasteiger partial charge >= 0.3 is 0 Å². The number of aryl methyl sites for hydroxylation is 1. The molecule has 4 heteroatoms. The Kier molecular flexibility index (Phi) is 4.17. The summed E-state index contributed by atoms with van der Waals surface area (Å²) in [6.45, 7) is 2.68. The molecule has 4 rings (SSSR count). The second kappa shape index (κ2) is 6.64. The molecule has 0 saturated carbocycles. The third-order valence-corrected chi connectivity index (χ3v) is 4.60. The van der Waals surface area contributed by atoms with Crippen molar-refractivity contribution >= 4 is 11.8 Å². The lowest BCUT2D eigenvalue weighted by atomic mass is 9.97. The van der Waals surface area contributed by atoms with E-state index in [2.05, 4.69) is 22.8 Å². The minimum absolute atomic E-state index is 0.0629. The van der Waals surface area contributed by atoms with Crippen molar-refractivity contribution in [2.24, 2.45) is 5.92 Å². The van der Waals surface area contributed by atoms with Crippen LogP contribution in [0.25, 0.3) is 11.1 Å². The molecule has 2 amide bonds. The van der Waals surface area contributed by atoms with E-state index in [4.69, 9.17) is 0 Å². The van der Waals surface area contributed by atoms with E-state index in [0.717, 1.165) is 16.7 Å². The first-order chi connectivity index (χ1) is 12.6. The van der Waals surface area contributed by atoms with Gasteiger partial charge in [-0.3, -0.25) is 9.59 Å². The number of carbonyl (C=O) groups excluding carboxylic acids is 2. The first kappa shape index (κ1) is 16.3. The predicted octanol–water partition coefficient (Wildman–Crippen LogP) is 3.25. The normalized spacial score (nSPS) is 15.0. The Labute approximate surface area is 152 Å². The smallest absolute Gasteiger partial charge is 0.252 e. The summed E-state index contributed by atoms with van der Waals surface area (Å²) >= 11 is 0. The topological polar surface area (TPSA) is 58.2 Å². The molecule has 0 aliphatic heterocycles. The molecule has 0 fully saturated rings. The third-order valence-electron chi connectivity index (χ3n) is 4.60. The molecule has 2 aliphatic carbocycles. The van der Waals surface area contributed by atoms with Crippen molar-refractivity contribution in [3.63, 3.8) is 0 Å². The van der Waals surface area contributed by atoms with Crippen LogP contribution < -0.4 is 10.6 Å². The van der Waals surface area contributed by atoms with Gasteiger partial charge in [0, 0.05) is 23.6 Å². The van der Waals surface area contributed by atoms with Gasteiger partial charge < -0.3 is 10.6 Å². The summed E-state index contributed by atoms with van der Waals surface area (Å²) in [5.41, 5.74) is 4.35. The third kappa shape index (κ3) is 3.75. The van der Waals surface area contributed by atoms with Gasteiger partial charge in [0.05, 0.1) is 6.04 Å². The van der Waals surface area contributed by atoms with E-state index >= 15 is 0 Å². The molecule has 130 valence electrons. The molecule has 0 bridgehead atoms. The highest BCUT2D eigenvalue weighted by Crippen LogP contribution is 2.25. The average Bonchev–Trinajstić information content (AvgIpc) is 3.55. The Morgan fingerprint density at radius 3 is 2.23 bits per heavy atom. The summed E-state index contributed by atoms with van der Waals surface area (Å²) in [4.78, 5) is 24.4. The van der Waals surface area contributed by atoms with Crippen LogP contribution >= 0.6 is 0 Å². The van der Waals surface area contributed by atoms with Crippen LogP contribution in [0.2, 0.25) is 0 Å². The zero-order chi connectivity index (χ0) is 18.1. The molecule has 0 saturated heterocycles. The molecular formula is C22H20N2O2. The van der Waals surface area contributed by atoms with E-state index < -0.39 is 0 Å². The summed E-state index contributed by atoms with van der Waals surface area (Å²) in [5.74, 6) is 0.276. The fraction of sp³-hybridized carbons (Fsp3) is 0.182. The lowest BCUT2D eigenvalue weighted by Crippen LogP contribution is -2.26. The zero-order valence-corrected chi connectivity index (χ0v) is 14.5. The molecular weight excluding hydrogens is 324 g/mol. The Morgan fingerprint density at radius 1 is 0.885 bits per heavy atom. The van der Waals surface area contributed by atoms with Crippen molar-refractivity contribution in [1.82, 2.24) is 10.6 Å². The van der Waals surface area contributed by atoms with Crippen LogP contribution in [-0.4, -0.2) is 24.4 Å². The number of hydrogen-bond acceptors (Lipinski definition) is 2. The van der Waals surface area contributed by atoms with Gasteiger partial charge in [0.2, 0.25) is 0 Å². The van der Waals surface area contributed by atoms with Gasteiger partial charge in [-0.15, -0.1) is 0 Å². The van der Waals surface area contributed by atoms with Gasteiger partial charge in [0.25, 0.3) is 11.8 Å². The summed E-state index contributed by atoms with van der Waals surface area (Å²) < 4.78 is 0. The van der Waals surface area contributed by atoms with E-state index in [1.54, 1.807) is 0 Å². The maximum Gasteiger partial charge on any atom is 0.252 e. The monoisotopic (exact) mass is 344 g/mol. The molecule has 0 aromatic heterocycles. The van der Waals surface area contributed by atoms with Crippen LogP contribution in [-0.2, 0) is 0 Å². The second-order valence-electron chi connectivity index (χ2n) is 6.75. The Hall–Kier alpha value is -3.14. The van der Waals surface area contributed by atoms with Crippen LogP contribution in [0.3, 0.4) is 0 Å². The SMILES string of the molecule is Cc1ccc(C(=O)NC2C=C2)cc1-c1ccc(C(=O)NCC2C=C2)cc1. The van der Waals surface area contributed by atoms with E-state index in [0.29, 0.717) is 23.6 Å². The summed E-state index contributed by atoms with van der Waals surface area (Å²) in [5, 5.41) is 5.83. The van der Waals surface area contributed by atoms with E-state index in [9.17, 15) is 9.59 Å². The molecule has 2 N–H and O–H groups in total. The van der Waals surface area contributed by atoms with Crippen molar-refractivity contribution in [3.05, 3.63) is 83.5 Å². The zero-order valence-electron chi connectivity index (χ0n) is 14.5. The average molecular weight is 344 g/mol. The van der Waals surface area contributed by atoms with Gasteiger partial charge in [-0.2, -0.15) is 0 Å². The molecule has 2 aromatic rings. The summed E-state index contributed by atoms with van der Waals surface area (Å²) in [6, 6.07) is 13.3. The highest BCUT2D eigenvalue weighted by atomic mass is 16.2. The number of carbonyl (C=O) groups is 2. The molecule has 0 unspecified atom stereocenters. The first-order valence-corrected chi connectivity index (χ1v) is 8.77. The molecule has 0 heterocycles. The van der Waals surface area contributed by atoms with Crippen molar-refractivity contribution in [3.8, 4) is 11.1 Å². The van der Waals surface area contributed by atoms with E-state index in [1.807, 2.05) is 61.5 Å². The van der Waals surface area contributed by atoms with Crippen molar-refractivity contribution in [2.75, 3.05) is 6.54 Å². The minimum Gasteiger partial charge on any atom is -0.351 e. The maximum atomic E-state index is 12.3. The molecule has 26 heavy (non-hydrogen) atoms. The summed E-state index contributed by atoms with van der Waals surface area (Å²) in [7, 11) is 0. The van der Waals surface area contributed by atoms with Gasteiger partial charge in [-0.05, 0) is 47.9 Å². The van der Waals surface area contributed by atoms with Crippen molar-refractivity contribution in [2.45, 2.75) is 13.0 Å². The Bertz CT molecular complexity index is 914. The van der Waals surface area contributed by atoms with Crippen LogP contribution in [0.15, 0.2) is 66.8 Å².